The Morgan fingerprint density at radius 1 is 0.706 bits per heavy atom. The molecule has 292 valence electrons. The Balaban J connectivity index is 0.894. The summed E-state index contributed by atoms with van der Waals surface area (Å²) in [6.45, 7) is 11.6. The summed E-state index contributed by atoms with van der Waals surface area (Å²) in [7, 11) is 0. The van der Waals surface area contributed by atoms with E-state index in [1.165, 1.54) is 32.6 Å². The number of hydrogen-bond acceptors (Lipinski definition) is 12. The van der Waals surface area contributed by atoms with Gasteiger partial charge in [0.1, 0.15) is 42.7 Å². The van der Waals surface area contributed by atoms with Gasteiger partial charge in [0.05, 0.1) is 31.5 Å². The van der Waals surface area contributed by atoms with Crippen LogP contribution in [0.1, 0.15) is 98.8 Å². The van der Waals surface area contributed by atoms with Gasteiger partial charge in [0.2, 0.25) is 0 Å². The zero-order valence-corrected chi connectivity index (χ0v) is 31.1. The van der Waals surface area contributed by atoms with Gasteiger partial charge in [-0.3, -0.25) is 0 Å². The van der Waals surface area contributed by atoms with Crippen molar-refractivity contribution in [3.8, 4) is 0 Å². The lowest BCUT2D eigenvalue weighted by Crippen LogP contribution is -2.64. The highest BCUT2D eigenvalue weighted by molar-refractivity contribution is 5.15. The third-order valence-electron chi connectivity index (χ3n) is 16.1. The summed E-state index contributed by atoms with van der Waals surface area (Å²) in [6, 6.07) is 0. The predicted molar refractivity (Wildman–Crippen MR) is 182 cm³/mol. The summed E-state index contributed by atoms with van der Waals surface area (Å²) in [5, 5.41) is 63.2. The fraction of sp³-hybridized carbons (Fsp3) is 1.00. The van der Waals surface area contributed by atoms with E-state index in [9.17, 15) is 30.6 Å². The maximum atomic E-state index is 11.1. The summed E-state index contributed by atoms with van der Waals surface area (Å²) < 4.78 is 37.2. The monoisotopic (exact) mass is 724 g/mol. The van der Waals surface area contributed by atoms with Crippen LogP contribution >= 0.6 is 0 Å². The Hall–Kier alpha value is -0.480. The number of ether oxygens (including phenoxy) is 6. The summed E-state index contributed by atoms with van der Waals surface area (Å²) in [5.41, 5.74) is 0.498. The lowest BCUT2D eigenvalue weighted by molar-refractivity contribution is -0.361. The van der Waals surface area contributed by atoms with Crippen molar-refractivity contribution in [2.45, 2.75) is 178 Å². The molecule has 8 rings (SSSR count). The Kier molecular flexibility index (Phi) is 10.00. The summed E-state index contributed by atoms with van der Waals surface area (Å²) >= 11 is 0. The topological polar surface area (TPSA) is 177 Å². The third kappa shape index (κ3) is 5.91. The largest absolute Gasteiger partial charge is 0.394 e. The average molecular weight is 725 g/mol. The molecule has 51 heavy (non-hydrogen) atoms. The van der Waals surface area contributed by atoms with E-state index in [4.69, 9.17) is 28.4 Å². The van der Waals surface area contributed by atoms with Crippen molar-refractivity contribution in [1.82, 2.24) is 0 Å². The molecule has 8 aliphatic rings. The molecule has 0 aromatic heterocycles. The minimum Gasteiger partial charge on any atom is -0.394 e. The van der Waals surface area contributed by atoms with Crippen molar-refractivity contribution in [1.29, 1.82) is 0 Å². The normalized spacial score (nSPS) is 59.9. The van der Waals surface area contributed by atoms with Crippen LogP contribution in [0.3, 0.4) is 0 Å². The molecule has 0 aromatic carbocycles. The fourth-order valence-electron chi connectivity index (χ4n) is 13.2. The second-order valence-corrected chi connectivity index (χ2v) is 18.7. The minimum absolute atomic E-state index is 0.160. The molecule has 0 radical (unpaired) electrons. The van der Waals surface area contributed by atoms with Gasteiger partial charge in [-0.15, -0.1) is 0 Å². The van der Waals surface area contributed by atoms with Crippen LogP contribution in [0.4, 0.5) is 0 Å². The SMILES string of the molecule is C[C@H]1CC[C@@]2(OC1)O[C@H]1C[C@H]3[C@@H]4CCC5C[C@@H](O[C@@H]6O[C@H](CO)[C@@H](O[C@@H]7O[C@@H](C)[C@H](O)[C@@H](O)[C@H]7O)[C@H](O)[C@H]6O)CC[C@]5(C)[C@H]4CC[C@]3(C)[C@H]1[C@@H]2C. The predicted octanol–water partition coefficient (Wildman–Crippen LogP) is 2.47. The van der Waals surface area contributed by atoms with Gasteiger partial charge in [-0.1, -0.05) is 27.7 Å². The standard InChI is InChI=1S/C39H64O12/c1-18-8-13-39(46-17-18)19(2)28-26(51-39)15-25-23-7-6-21-14-22(9-11-37(21,4)24(23)10-12-38(25,28)5)48-36-33(45)31(43)34(27(16-40)49-36)50-35-32(44)30(42)29(41)20(3)47-35/h18-36,40-45H,6-17H2,1-5H3/t18-,19-,20-,21?,22-,23+,24-,25-,26-,27+,28-,29-,30+,31+,32+,33+,34+,35-,36+,37-,38-,39+/m0/s1. The van der Waals surface area contributed by atoms with Crippen molar-refractivity contribution in [3.05, 3.63) is 0 Å². The highest BCUT2D eigenvalue weighted by Crippen LogP contribution is 2.71. The quantitative estimate of drug-likeness (QED) is 0.229. The first-order valence-corrected chi connectivity index (χ1v) is 20.2. The Labute approximate surface area is 302 Å². The number of rotatable bonds is 5. The van der Waals surface area contributed by atoms with Gasteiger partial charge in [-0.25, -0.2) is 0 Å². The van der Waals surface area contributed by atoms with Crippen LogP contribution < -0.4 is 0 Å². The van der Waals surface area contributed by atoms with Crippen LogP contribution in [0.25, 0.3) is 0 Å². The highest BCUT2D eigenvalue weighted by atomic mass is 16.7. The van der Waals surface area contributed by atoms with Gasteiger partial charge in [0.15, 0.2) is 18.4 Å². The van der Waals surface area contributed by atoms with Gasteiger partial charge >= 0.3 is 0 Å². The van der Waals surface area contributed by atoms with Gasteiger partial charge in [-0.2, -0.15) is 0 Å². The number of aliphatic hydroxyl groups excluding tert-OH is 6. The Bertz CT molecular complexity index is 1240. The molecule has 4 aliphatic heterocycles. The van der Waals surface area contributed by atoms with Crippen LogP contribution in [0, 0.1) is 52.3 Å². The zero-order chi connectivity index (χ0) is 36.2. The second-order valence-electron chi connectivity index (χ2n) is 18.7. The van der Waals surface area contributed by atoms with Gasteiger partial charge in [0, 0.05) is 12.3 Å². The molecule has 0 bridgehead atoms. The zero-order valence-electron chi connectivity index (χ0n) is 31.1. The molecule has 12 nitrogen and oxygen atoms in total. The molecule has 6 N–H and O–H groups in total. The number of fused-ring (bicyclic) bond motifs is 7. The third-order valence-corrected chi connectivity index (χ3v) is 16.1. The average Bonchev–Trinajstić information content (AvgIpc) is 3.56. The maximum absolute atomic E-state index is 11.1. The summed E-state index contributed by atoms with van der Waals surface area (Å²) in [4.78, 5) is 0. The Morgan fingerprint density at radius 2 is 1.43 bits per heavy atom. The first-order valence-electron chi connectivity index (χ1n) is 20.2. The van der Waals surface area contributed by atoms with E-state index in [1.807, 2.05) is 0 Å². The van der Waals surface area contributed by atoms with E-state index in [0.29, 0.717) is 47.5 Å². The van der Waals surface area contributed by atoms with Crippen LogP contribution in [0.5, 0.6) is 0 Å². The molecule has 4 saturated heterocycles. The molecule has 4 heterocycles. The maximum Gasteiger partial charge on any atom is 0.187 e. The molecule has 12 heteroatoms. The molecule has 0 aromatic rings. The molecule has 4 saturated carbocycles. The first kappa shape index (κ1) is 37.4. The van der Waals surface area contributed by atoms with Crippen LogP contribution in [-0.4, -0.2) is 123 Å². The fourth-order valence-corrected chi connectivity index (χ4v) is 13.2. The molecule has 0 amide bonds. The van der Waals surface area contributed by atoms with Crippen molar-refractivity contribution >= 4 is 0 Å². The molecular weight excluding hydrogens is 660 g/mol. The van der Waals surface area contributed by atoms with E-state index >= 15 is 0 Å². The molecule has 4 aliphatic carbocycles. The van der Waals surface area contributed by atoms with E-state index in [1.54, 1.807) is 0 Å². The van der Waals surface area contributed by atoms with Gasteiger partial charge in [-0.05, 0) is 111 Å². The van der Waals surface area contributed by atoms with Gasteiger partial charge in [0.25, 0.3) is 0 Å². The van der Waals surface area contributed by atoms with E-state index in [0.717, 1.165) is 45.1 Å². The van der Waals surface area contributed by atoms with E-state index < -0.39 is 68.0 Å². The van der Waals surface area contributed by atoms with Crippen molar-refractivity contribution in [2.75, 3.05) is 13.2 Å². The lowest BCUT2D eigenvalue weighted by atomic mass is 9.44. The molecule has 1 unspecified atom stereocenters. The smallest absolute Gasteiger partial charge is 0.187 e. The molecule has 8 fully saturated rings. The van der Waals surface area contributed by atoms with Crippen LogP contribution in [-0.2, 0) is 28.4 Å². The summed E-state index contributed by atoms with van der Waals surface area (Å²) in [6.07, 6.45) is -2.12. The number of aliphatic hydroxyl groups is 6. The second kappa shape index (κ2) is 13.6. The van der Waals surface area contributed by atoms with Crippen molar-refractivity contribution in [2.24, 2.45) is 52.3 Å². The van der Waals surface area contributed by atoms with E-state index in [2.05, 4.69) is 27.7 Å². The van der Waals surface area contributed by atoms with Crippen molar-refractivity contribution < 1.29 is 59.1 Å². The Morgan fingerprint density at radius 3 is 2.16 bits per heavy atom. The molecule has 1 spiro atoms. The minimum atomic E-state index is -1.60. The molecular formula is C39H64O12. The van der Waals surface area contributed by atoms with Crippen LogP contribution in [0.2, 0.25) is 0 Å². The lowest BCUT2D eigenvalue weighted by Gasteiger charge is -2.61. The summed E-state index contributed by atoms with van der Waals surface area (Å²) in [5.74, 6) is 3.73. The van der Waals surface area contributed by atoms with E-state index in [-0.39, 0.29) is 22.7 Å². The number of hydrogen-bond donors (Lipinski definition) is 6. The van der Waals surface area contributed by atoms with Crippen LogP contribution in [0.15, 0.2) is 0 Å². The highest BCUT2D eigenvalue weighted by Gasteiger charge is 2.69. The van der Waals surface area contributed by atoms with Gasteiger partial charge < -0.3 is 59.1 Å². The molecule has 22 atom stereocenters. The van der Waals surface area contributed by atoms with Crippen molar-refractivity contribution in [3.63, 3.8) is 0 Å². The first-order chi connectivity index (χ1) is 24.2.